The molecule has 0 aliphatic heterocycles. The Bertz CT molecular complexity index is 1110. The van der Waals surface area contributed by atoms with Crippen LogP contribution in [0.4, 0.5) is 11.4 Å². The molecule has 0 saturated heterocycles. The second-order valence-corrected chi connectivity index (χ2v) is 9.39. The van der Waals surface area contributed by atoms with Crippen LogP contribution in [0.1, 0.15) is 33.4 Å². The van der Waals surface area contributed by atoms with Gasteiger partial charge in [-0.3, -0.25) is 9.52 Å². The van der Waals surface area contributed by atoms with Gasteiger partial charge in [-0.05, 0) is 36.4 Å². The third-order valence-electron chi connectivity index (χ3n) is 4.16. The van der Waals surface area contributed by atoms with E-state index in [1.807, 2.05) is 51.1 Å². The molecule has 0 aliphatic rings. The monoisotopic (exact) mass is 412 g/mol. The van der Waals surface area contributed by atoms with Crippen LogP contribution >= 0.6 is 0 Å². The lowest BCUT2D eigenvalue weighted by Gasteiger charge is -2.18. The van der Waals surface area contributed by atoms with Crippen LogP contribution in [0.5, 0.6) is 0 Å². The van der Waals surface area contributed by atoms with E-state index in [-0.39, 0.29) is 10.8 Å². The molecule has 1 amide bonds. The van der Waals surface area contributed by atoms with Crippen molar-refractivity contribution in [3.8, 4) is 5.69 Å². The number of carbonyl (C=O) groups is 1. The van der Waals surface area contributed by atoms with Gasteiger partial charge in [0, 0.05) is 23.7 Å². The fourth-order valence-electron chi connectivity index (χ4n) is 2.82. The van der Waals surface area contributed by atoms with Crippen molar-refractivity contribution in [1.82, 2.24) is 9.78 Å². The molecule has 8 heteroatoms. The topological polar surface area (TPSA) is 93.1 Å². The summed E-state index contributed by atoms with van der Waals surface area (Å²) < 4.78 is 30.5. The van der Waals surface area contributed by atoms with Crippen molar-refractivity contribution < 1.29 is 13.2 Å². The molecule has 1 aromatic heterocycles. The summed E-state index contributed by atoms with van der Waals surface area (Å²) in [7, 11) is -3.87. The minimum absolute atomic E-state index is 0.125. The molecule has 0 bridgehead atoms. The smallest absolute Gasteiger partial charge is 0.265 e. The first-order valence-electron chi connectivity index (χ1n) is 9.12. The molecule has 0 radical (unpaired) electrons. The Hall–Kier alpha value is -3.13. The standard InChI is InChI=1S/C21H24N4O3S/c1-15(26)22-16-10-12-17(13-11-16)24-29(27,28)19-14-25(18-8-6-5-7-9-18)23-20(19)21(2,3)4/h5-14,24H,1-4H3,(H,22,26). The van der Waals surface area contributed by atoms with Gasteiger partial charge in [0.2, 0.25) is 5.91 Å². The van der Waals surface area contributed by atoms with Gasteiger partial charge in [0.1, 0.15) is 4.90 Å². The molecule has 0 unspecified atom stereocenters. The number of benzene rings is 2. The molecule has 0 fully saturated rings. The van der Waals surface area contributed by atoms with E-state index >= 15 is 0 Å². The van der Waals surface area contributed by atoms with Gasteiger partial charge in [-0.2, -0.15) is 5.10 Å². The molecule has 1 heterocycles. The van der Waals surface area contributed by atoms with Gasteiger partial charge >= 0.3 is 0 Å². The first-order chi connectivity index (χ1) is 13.6. The van der Waals surface area contributed by atoms with Crippen molar-refractivity contribution >= 4 is 27.3 Å². The van der Waals surface area contributed by atoms with E-state index in [2.05, 4.69) is 15.1 Å². The molecule has 0 saturated carbocycles. The van der Waals surface area contributed by atoms with Crippen molar-refractivity contribution in [1.29, 1.82) is 0 Å². The minimum atomic E-state index is -3.87. The normalized spacial score (nSPS) is 11.9. The average Bonchev–Trinajstić information content (AvgIpc) is 3.10. The Morgan fingerprint density at radius 2 is 1.55 bits per heavy atom. The number of aromatic nitrogens is 2. The first-order valence-corrected chi connectivity index (χ1v) is 10.6. The van der Waals surface area contributed by atoms with Crippen LogP contribution in [0.15, 0.2) is 65.7 Å². The summed E-state index contributed by atoms with van der Waals surface area (Å²) in [5.74, 6) is -0.193. The van der Waals surface area contributed by atoms with Crippen LogP contribution in [-0.4, -0.2) is 24.1 Å². The van der Waals surface area contributed by atoms with Gasteiger partial charge in [0.05, 0.1) is 17.6 Å². The second-order valence-electron chi connectivity index (χ2n) is 7.74. The fraction of sp³-hybridized carbons (Fsp3) is 0.238. The van der Waals surface area contributed by atoms with Crippen molar-refractivity contribution in [3.05, 3.63) is 66.5 Å². The van der Waals surface area contributed by atoms with Gasteiger partial charge in [-0.25, -0.2) is 13.1 Å². The quantitative estimate of drug-likeness (QED) is 0.664. The molecule has 0 aliphatic carbocycles. The predicted octanol–water partition coefficient (Wildman–Crippen LogP) is 3.93. The molecule has 0 spiro atoms. The van der Waals surface area contributed by atoms with Crippen molar-refractivity contribution in [2.45, 2.75) is 38.0 Å². The Kier molecular flexibility index (Phi) is 5.48. The van der Waals surface area contributed by atoms with E-state index in [0.29, 0.717) is 17.1 Å². The Morgan fingerprint density at radius 3 is 2.10 bits per heavy atom. The molecule has 3 aromatic rings. The summed E-state index contributed by atoms with van der Waals surface area (Å²) in [5, 5.41) is 7.20. The molecule has 7 nitrogen and oxygen atoms in total. The number of carbonyl (C=O) groups excluding carboxylic acids is 1. The van der Waals surface area contributed by atoms with Crippen molar-refractivity contribution in [3.63, 3.8) is 0 Å². The summed E-state index contributed by atoms with van der Waals surface area (Å²) in [4.78, 5) is 11.3. The van der Waals surface area contributed by atoms with Gasteiger partial charge in [-0.1, -0.05) is 39.0 Å². The minimum Gasteiger partial charge on any atom is -0.326 e. The van der Waals surface area contributed by atoms with Crippen LogP contribution in [0.3, 0.4) is 0 Å². The number of anilines is 2. The van der Waals surface area contributed by atoms with Gasteiger partial charge in [0.15, 0.2) is 0 Å². The SMILES string of the molecule is CC(=O)Nc1ccc(NS(=O)(=O)c2cn(-c3ccccc3)nc2C(C)(C)C)cc1. The number of nitrogens with one attached hydrogen (secondary N) is 2. The van der Waals surface area contributed by atoms with Crippen LogP contribution in [-0.2, 0) is 20.2 Å². The Labute approximate surface area is 170 Å². The number of hydrogen-bond donors (Lipinski definition) is 2. The predicted molar refractivity (Wildman–Crippen MR) is 114 cm³/mol. The number of amides is 1. The zero-order valence-corrected chi connectivity index (χ0v) is 17.6. The molecule has 3 rings (SSSR count). The van der Waals surface area contributed by atoms with Gasteiger partial charge in [0.25, 0.3) is 10.0 Å². The molecule has 2 N–H and O–H groups in total. The lowest BCUT2D eigenvalue weighted by Crippen LogP contribution is -2.20. The number of hydrogen-bond acceptors (Lipinski definition) is 4. The van der Waals surface area contributed by atoms with Crippen LogP contribution in [0.2, 0.25) is 0 Å². The summed E-state index contributed by atoms with van der Waals surface area (Å²) in [6, 6.07) is 15.8. The highest BCUT2D eigenvalue weighted by atomic mass is 32.2. The van der Waals surface area contributed by atoms with E-state index in [0.717, 1.165) is 5.69 Å². The molecular weight excluding hydrogens is 388 g/mol. The van der Waals surface area contributed by atoms with E-state index in [1.54, 1.807) is 28.9 Å². The van der Waals surface area contributed by atoms with E-state index < -0.39 is 15.4 Å². The zero-order chi connectivity index (χ0) is 21.2. The molecule has 29 heavy (non-hydrogen) atoms. The Morgan fingerprint density at radius 1 is 0.966 bits per heavy atom. The van der Waals surface area contributed by atoms with E-state index in [9.17, 15) is 13.2 Å². The van der Waals surface area contributed by atoms with Crippen LogP contribution in [0.25, 0.3) is 5.69 Å². The highest BCUT2D eigenvalue weighted by Gasteiger charge is 2.30. The maximum absolute atomic E-state index is 13.1. The largest absolute Gasteiger partial charge is 0.326 e. The molecular formula is C21H24N4O3S. The number of sulfonamides is 1. The molecule has 2 aromatic carbocycles. The number of rotatable bonds is 5. The second kappa shape index (κ2) is 7.71. The lowest BCUT2D eigenvalue weighted by molar-refractivity contribution is -0.114. The maximum Gasteiger partial charge on any atom is 0.265 e. The average molecular weight is 413 g/mol. The van der Waals surface area contributed by atoms with Crippen molar-refractivity contribution in [2.75, 3.05) is 10.0 Å². The molecule has 152 valence electrons. The zero-order valence-electron chi connectivity index (χ0n) is 16.8. The highest BCUT2D eigenvalue weighted by molar-refractivity contribution is 7.92. The lowest BCUT2D eigenvalue weighted by atomic mass is 9.92. The summed E-state index contributed by atoms with van der Waals surface area (Å²) in [6.45, 7) is 7.18. The first kappa shape index (κ1) is 20.6. The van der Waals surface area contributed by atoms with Crippen LogP contribution in [0, 0.1) is 0 Å². The summed E-state index contributed by atoms with van der Waals surface area (Å²) in [6.07, 6.45) is 1.53. The fourth-order valence-corrected chi connectivity index (χ4v) is 4.22. The highest BCUT2D eigenvalue weighted by Crippen LogP contribution is 2.30. The number of para-hydroxylation sites is 1. The Balaban J connectivity index is 1.97. The van der Waals surface area contributed by atoms with Gasteiger partial charge in [-0.15, -0.1) is 0 Å². The van der Waals surface area contributed by atoms with Crippen molar-refractivity contribution in [2.24, 2.45) is 0 Å². The summed E-state index contributed by atoms with van der Waals surface area (Å²) >= 11 is 0. The van der Waals surface area contributed by atoms with Gasteiger partial charge < -0.3 is 5.32 Å². The maximum atomic E-state index is 13.1. The van der Waals surface area contributed by atoms with Crippen LogP contribution < -0.4 is 10.0 Å². The van der Waals surface area contributed by atoms with E-state index in [4.69, 9.17) is 0 Å². The molecule has 0 atom stereocenters. The third kappa shape index (κ3) is 4.83. The van der Waals surface area contributed by atoms with E-state index in [1.165, 1.54) is 13.1 Å². The number of nitrogens with zero attached hydrogens (tertiary/aromatic N) is 2. The summed E-state index contributed by atoms with van der Waals surface area (Å²) in [5.41, 5.74) is 1.77. The third-order valence-corrected chi connectivity index (χ3v) is 5.54.